The van der Waals surface area contributed by atoms with E-state index in [-0.39, 0.29) is 25.2 Å². The zero-order valence-electron chi connectivity index (χ0n) is 21.6. The molecule has 5 atom stereocenters. The molecular weight excluding hydrogens is 498 g/mol. The van der Waals surface area contributed by atoms with Crippen LogP contribution >= 0.6 is 11.8 Å². The molecule has 4 amide bonds. The highest BCUT2D eigenvalue weighted by Crippen LogP contribution is 2.11. The number of aliphatic carboxylic acids is 1. The maximum atomic E-state index is 13.2. The van der Waals surface area contributed by atoms with Gasteiger partial charge in [-0.2, -0.15) is 11.8 Å². The van der Waals surface area contributed by atoms with Crippen LogP contribution in [0.25, 0.3) is 0 Å². The molecule has 12 heteroatoms. The summed E-state index contributed by atoms with van der Waals surface area (Å²) in [5.41, 5.74) is 11.9. The molecule has 0 bridgehead atoms. The lowest BCUT2D eigenvalue weighted by atomic mass is 9.97. The van der Waals surface area contributed by atoms with E-state index in [1.54, 1.807) is 49.0 Å². The van der Waals surface area contributed by atoms with E-state index in [1.165, 1.54) is 0 Å². The topological polar surface area (TPSA) is 194 Å². The number of carboxylic acids is 1. The van der Waals surface area contributed by atoms with Crippen molar-refractivity contribution < 1.29 is 29.1 Å². The van der Waals surface area contributed by atoms with E-state index in [1.807, 2.05) is 13.2 Å². The van der Waals surface area contributed by atoms with Crippen LogP contribution in [0.4, 0.5) is 0 Å². The van der Waals surface area contributed by atoms with Crippen molar-refractivity contribution in [1.82, 2.24) is 16.0 Å². The van der Waals surface area contributed by atoms with Gasteiger partial charge < -0.3 is 32.5 Å². The minimum atomic E-state index is -1.26. The first-order valence-electron chi connectivity index (χ1n) is 12.2. The maximum Gasteiger partial charge on any atom is 0.326 e. The van der Waals surface area contributed by atoms with E-state index in [4.69, 9.17) is 11.5 Å². The second kappa shape index (κ2) is 16.6. The lowest BCUT2D eigenvalue weighted by molar-refractivity contribution is -0.142. The molecule has 0 aliphatic carbocycles. The number of thioether (sulfide) groups is 1. The Hall–Kier alpha value is -3.12. The van der Waals surface area contributed by atoms with Gasteiger partial charge in [0.2, 0.25) is 23.6 Å². The third-order valence-electron chi connectivity index (χ3n) is 5.97. The molecule has 0 heterocycles. The van der Waals surface area contributed by atoms with Crippen molar-refractivity contribution in [3.8, 4) is 0 Å². The highest BCUT2D eigenvalue weighted by molar-refractivity contribution is 7.98. The normalized spacial score (nSPS) is 14.9. The van der Waals surface area contributed by atoms with Crippen LogP contribution < -0.4 is 27.4 Å². The zero-order valence-corrected chi connectivity index (χ0v) is 22.4. The van der Waals surface area contributed by atoms with Crippen molar-refractivity contribution in [3.63, 3.8) is 0 Å². The Balaban J connectivity index is 3.04. The molecule has 0 saturated carbocycles. The van der Waals surface area contributed by atoms with Crippen LogP contribution in [0.5, 0.6) is 0 Å². The first kappa shape index (κ1) is 31.9. The molecule has 1 rings (SSSR count). The van der Waals surface area contributed by atoms with Gasteiger partial charge in [-0.05, 0) is 36.3 Å². The van der Waals surface area contributed by atoms with E-state index in [0.29, 0.717) is 24.2 Å². The molecule has 0 aliphatic rings. The van der Waals surface area contributed by atoms with Gasteiger partial charge in [0.25, 0.3) is 0 Å². The third kappa shape index (κ3) is 11.6. The fourth-order valence-corrected chi connectivity index (χ4v) is 3.97. The first-order valence-corrected chi connectivity index (χ1v) is 13.6. The number of carbonyl (C=O) groups is 5. The first-order chi connectivity index (χ1) is 17.5. The minimum absolute atomic E-state index is 0.0257. The average molecular weight is 538 g/mol. The summed E-state index contributed by atoms with van der Waals surface area (Å²) in [6.45, 7) is 3.62. The molecule has 8 N–H and O–H groups in total. The molecule has 0 spiro atoms. The molecule has 11 nitrogen and oxygen atoms in total. The number of hydrogen-bond donors (Lipinski definition) is 6. The van der Waals surface area contributed by atoms with E-state index in [9.17, 15) is 29.1 Å². The van der Waals surface area contributed by atoms with Gasteiger partial charge in [0.1, 0.15) is 18.1 Å². The van der Waals surface area contributed by atoms with E-state index < -0.39 is 53.8 Å². The molecule has 0 radical (unpaired) electrons. The quantitative estimate of drug-likeness (QED) is 0.162. The van der Waals surface area contributed by atoms with Crippen molar-refractivity contribution >= 4 is 41.4 Å². The number of amides is 4. The lowest BCUT2D eigenvalue weighted by Gasteiger charge is -2.28. The minimum Gasteiger partial charge on any atom is -0.480 e. The Labute approximate surface area is 221 Å². The van der Waals surface area contributed by atoms with Crippen LogP contribution in [0.15, 0.2) is 30.3 Å². The molecule has 0 saturated heterocycles. The SMILES string of the molecule is CCC(C)C(NC(=O)C(N)CCSC)C(=O)NC(CCC(N)=O)C(=O)NC(Cc1ccccc1)C(=O)O. The summed E-state index contributed by atoms with van der Waals surface area (Å²) in [6.07, 6.45) is 2.55. The molecule has 5 unspecified atom stereocenters. The van der Waals surface area contributed by atoms with E-state index in [0.717, 1.165) is 0 Å². The van der Waals surface area contributed by atoms with Crippen LogP contribution in [0.3, 0.4) is 0 Å². The second-order valence-corrected chi connectivity index (χ2v) is 9.90. The average Bonchev–Trinajstić information content (AvgIpc) is 2.87. The fourth-order valence-electron chi connectivity index (χ4n) is 3.48. The van der Waals surface area contributed by atoms with Gasteiger partial charge in [0.05, 0.1) is 6.04 Å². The summed E-state index contributed by atoms with van der Waals surface area (Å²) in [5, 5.41) is 17.3. The van der Waals surface area contributed by atoms with Crippen molar-refractivity contribution in [1.29, 1.82) is 0 Å². The molecular formula is C25H39N5O6S. The third-order valence-corrected chi connectivity index (χ3v) is 6.62. The number of nitrogens with one attached hydrogen (secondary N) is 3. The predicted molar refractivity (Wildman–Crippen MR) is 142 cm³/mol. The number of benzene rings is 1. The molecule has 0 fully saturated rings. The van der Waals surface area contributed by atoms with Crippen molar-refractivity contribution in [2.75, 3.05) is 12.0 Å². The number of carbonyl (C=O) groups excluding carboxylic acids is 4. The molecule has 37 heavy (non-hydrogen) atoms. The second-order valence-electron chi connectivity index (χ2n) is 8.92. The Morgan fingerprint density at radius 1 is 0.946 bits per heavy atom. The summed E-state index contributed by atoms with van der Waals surface area (Å²) in [5.74, 6) is -3.44. The van der Waals surface area contributed by atoms with Crippen molar-refractivity contribution in [3.05, 3.63) is 35.9 Å². The van der Waals surface area contributed by atoms with Gasteiger partial charge in [-0.1, -0.05) is 50.6 Å². The number of carboxylic acid groups (broad SMARTS) is 1. The highest BCUT2D eigenvalue weighted by atomic mass is 32.2. The number of nitrogens with two attached hydrogens (primary N) is 2. The zero-order chi connectivity index (χ0) is 28.0. The maximum absolute atomic E-state index is 13.2. The standard InChI is InChI=1S/C25H39N5O6S/c1-4-15(2)21(30-22(32)17(26)12-13-37-3)24(34)28-18(10-11-20(27)31)23(33)29-19(25(35)36)14-16-8-6-5-7-9-16/h5-9,15,17-19,21H,4,10-14,26H2,1-3H3,(H2,27,31)(H,28,34)(H,29,33)(H,30,32)(H,35,36). The summed E-state index contributed by atoms with van der Waals surface area (Å²) in [4.78, 5) is 62.0. The van der Waals surface area contributed by atoms with Crippen LogP contribution in [0.1, 0.15) is 45.1 Å². The van der Waals surface area contributed by atoms with Crippen molar-refractivity contribution in [2.24, 2.45) is 17.4 Å². The van der Waals surface area contributed by atoms with Crippen LogP contribution in [0.2, 0.25) is 0 Å². The summed E-state index contributed by atoms with van der Waals surface area (Å²) in [6, 6.07) is 4.47. The largest absolute Gasteiger partial charge is 0.480 e. The summed E-state index contributed by atoms with van der Waals surface area (Å²) < 4.78 is 0. The molecule has 1 aromatic carbocycles. The number of primary amides is 1. The summed E-state index contributed by atoms with van der Waals surface area (Å²) in [7, 11) is 0. The summed E-state index contributed by atoms with van der Waals surface area (Å²) >= 11 is 1.55. The highest BCUT2D eigenvalue weighted by Gasteiger charge is 2.32. The van der Waals surface area contributed by atoms with E-state index in [2.05, 4.69) is 16.0 Å². The smallest absolute Gasteiger partial charge is 0.326 e. The van der Waals surface area contributed by atoms with Crippen LogP contribution in [0, 0.1) is 5.92 Å². The lowest BCUT2D eigenvalue weighted by Crippen LogP contribution is -2.58. The van der Waals surface area contributed by atoms with Gasteiger partial charge in [-0.3, -0.25) is 19.2 Å². The van der Waals surface area contributed by atoms with Gasteiger partial charge in [0.15, 0.2) is 0 Å². The Morgan fingerprint density at radius 3 is 2.11 bits per heavy atom. The fraction of sp³-hybridized carbons (Fsp3) is 0.560. The molecule has 0 aromatic heterocycles. The molecule has 206 valence electrons. The van der Waals surface area contributed by atoms with E-state index >= 15 is 0 Å². The van der Waals surface area contributed by atoms with Crippen LogP contribution in [-0.4, -0.2) is 70.9 Å². The number of rotatable bonds is 17. The predicted octanol–water partition coefficient (Wildman–Crippen LogP) is 0.160. The van der Waals surface area contributed by atoms with Gasteiger partial charge in [-0.15, -0.1) is 0 Å². The Kier molecular flexibility index (Phi) is 14.3. The Bertz CT molecular complexity index is 916. The van der Waals surface area contributed by atoms with Crippen LogP contribution in [-0.2, 0) is 30.4 Å². The molecule has 0 aliphatic heterocycles. The molecule has 1 aromatic rings. The van der Waals surface area contributed by atoms with Gasteiger partial charge in [0, 0.05) is 12.8 Å². The number of hydrogen-bond acceptors (Lipinski definition) is 7. The van der Waals surface area contributed by atoms with Gasteiger partial charge >= 0.3 is 5.97 Å². The Morgan fingerprint density at radius 2 is 1.57 bits per heavy atom. The van der Waals surface area contributed by atoms with Gasteiger partial charge in [-0.25, -0.2) is 4.79 Å². The van der Waals surface area contributed by atoms with Crippen molar-refractivity contribution in [2.45, 2.75) is 70.1 Å². The monoisotopic (exact) mass is 537 g/mol.